The Morgan fingerprint density at radius 1 is 1.25 bits per heavy atom. The summed E-state index contributed by atoms with van der Waals surface area (Å²) in [5.41, 5.74) is 2.49. The fourth-order valence-electron chi connectivity index (χ4n) is 4.07. The van der Waals surface area contributed by atoms with Gasteiger partial charge in [-0.25, -0.2) is 9.37 Å². The number of nitrogens with one attached hydrogen (secondary N) is 1. The molecule has 8 heteroatoms. The lowest BCUT2D eigenvalue weighted by atomic mass is 10.0. The number of benzene rings is 2. The third-order valence-electron chi connectivity index (χ3n) is 5.99. The van der Waals surface area contributed by atoms with E-state index in [1.807, 2.05) is 7.05 Å². The van der Waals surface area contributed by atoms with Crippen LogP contribution in [0.4, 0.5) is 4.39 Å². The number of hydrogen-bond acceptors (Lipinski definition) is 5. The Balaban J connectivity index is 1.33. The van der Waals surface area contributed by atoms with Crippen LogP contribution in [0, 0.1) is 5.82 Å². The molecular weight excluding hydrogens is 411 g/mol. The minimum atomic E-state index is -0.360. The van der Waals surface area contributed by atoms with Crippen LogP contribution in [-0.4, -0.2) is 64.1 Å². The van der Waals surface area contributed by atoms with Crippen molar-refractivity contribution in [1.82, 2.24) is 19.8 Å². The van der Waals surface area contributed by atoms with Crippen molar-refractivity contribution in [1.29, 1.82) is 0 Å². The van der Waals surface area contributed by atoms with E-state index in [9.17, 15) is 14.3 Å². The van der Waals surface area contributed by atoms with Crippen LogP contribution in [0.25, 0.3) is 11.3 Å². The van der Waals surface area contributed by atoms with Crippen LogP contribution in [-0.2, 0) is 6.54 Å². The maximum absolute atomic E-state index is 13.6. The second kappa shape index (κ2) is 9.40. The molecular formula is C24H27FN4O3. The Labute approximate surface area is 186 Å². The first-order valence-electron chi connectivity index (χ1n) is 10.6. The van der Waals surface area contributed by atoms with E-state index in [0.717, 1.165) is 43.6 Å². The predicted octanol–water partition coefficient (Wildman–Crippen LogP) is 3.67. The fraction of sp³-hybridized carbons (Fsp3) is 0.333. The van der Waals surface area contributed by atoms with Gasteiger partial charge in [0, 0.05) is 44.5 Å². The second-order valence-corrected chi connectivity index (χ2v) is 8.07. The molecule has 4 rings (SSSR count). The fourth-order valence-corrected chi connectivity index (χ4v) is 4.07. The molecule has 2 N–H and O–H groups in total. The SMILES string of the molecule is COc1cc(CN2CCC(N(C)C(=O)c3nc(-c4ccc(O)cc4)c[nH]3)CC2)ccc1F. The number of ether oxygens (including phenoxy) is 1. The average Bonchev–Trinajstić information content (AvgIpc) is 3.30. The van der Waals surface area contributed by atoms with Crippen molar-refractivity contribution < 1.29 is 19.0 Å². The minimum absolute atomic E-state index is 0.128. The highest BCUT2D eigenvalue weighted by Gasteiger charge is 2.27. The molecule has 168 valence electrons. The molecule has 0 unspecified atom stereocenters. The van der Waals surface area contributed by atoms with E-state index in [4.69, 9.17) is 4.74 Å². The second-order valence-electron chi connectivity index (χ2n) is 8.07. The summed E-state index contributed by atoms with van der Waals surface area (Å²) < 4.78 is 18.7. The molecule has 0 spiro atoms. The maximum atomic E-state index is 13.6. The molecule has 32 heavy (non-hydrogen) atoms. The molecule has 3 aromatic rings. The molecule has 1 aliphatic rings. The summed E-state index contributed by atoms with van der Waals surface area (Å²) in [5.74, 6) is 0.243. The minimum Gasteiger partial charge on any atom is -0.508 e. The number of phenolic OH excluding ortho intramolecular Hbond substituents is 1. The number of carbonyl (C=O) groups excluding carboxylic acids is 1. The topological polar surface area (TPSA) is 81.7 Å². The number of imidazole rings is 1. The van der Waals surface area contributed by atoms with Gasteiger partial charge < -0.3 is 19.7 Å². The first kappa shape index (κ1) is 21.8. The molecule has 2 heterocycles. The van der Waals surface area contributed by atoms with Crippen molar-refractivity contribution in [3.05, 3.63) is 65.9 Å². The Hall–Kier alpha value is -3.39. The number of carbonyl (C=O) groups is 1. The molecule has 1 aromatic heterocycles. The Bertz CT molecular complexity index is 1080. The maximum Gasteiger partial charge on any atom is 0.289 e. The van der Waals surface area contributed by atoms with Gasteiger partial charge in [0.05, 0.1) is 12.8 Å². The third kappa shape index (κ3) is 4.75. The summed E-state index contributed by atoms with van der Waals surface area (Å²) in [7, 11) is 3.28. The van der Waals surface area contributed by atoms with Crippen LogP contribution < -0.4 is 4.74 Å². The van der Waals surface area contributed by atoms with Crippen molar-refractivity contribution in [2.75, 3.05) is 27.2 Å². The van der Waals surface area contributed by atoms with Crippen molar-refractivity contribution in [2.24, 2.45) is 0 Å². The molecule has 2 aromatic carbocycles. The van der Waals surface area contributed by atoms with Gasteiger partial charge in [-0.2, -0.15) is 0 Å². The van der Waals surface area contributed by atoms with Gasteiger partial charge in [-0.3, -0.25) is 9.69 Å². The van der Waals surface area contributed by atoms with Gasteiger partial charge in [0.15, 0.2) is 17.4 Å². The number of aromatic hydroxyl groups is 1. The number of H-pyrrole nitrogens is 1. The zero-order valence-electron chi connectivity index (χ0n) is 18.2. The summed E-state index contributed by atoms with van der Waals surface area (Å²) in [5, 5.41) is 9.44. The van der Waals surface area contributed by atoms with Crippen molar-refractivity contribution in [2.45, 2.75) is 25.4 Å². The van der Waals surface area contributed by atoms with E-state index >= 15 is 0 Å². The summed E-state index contributed by atoms with van der Waals surface area (Å²) in [6.07, 6.45) is 3.41. The monoisotopic (exact) mass is 438 g/mol. The van der Waals surface area contributed by atoms with E-state index in [1.165, 1.54) is 13.2 Å². The van der Waals surface area contributed by atoms with Crippen LogP contribution >= 0.6 is 0 Å². The number of phenols is 1. The van der Waals surface area contributed by atoms with E-state index in [2.05, 4.69) is 14.9 Å². The van der Waals surface area contributed by atoms with E-state index in [-0.39, 0.29) is 29.3 Å². The molecule has 1 saturated heterocycles. The highest BCUT2D eigenvalue weighted by Crippen LogP contribution is 2.24. The highest BCUT2D eigenvalue weighted by molar-refractivity contribution is 5.91. The van der Waals surface area contributed by atoms with Gasteiger partial charge in [-0.05, 0) is 54.8 Å². The lowest BCUT2D eigenvalue weighted by Crippen LogP contribution is -2.45. The number of amides is 1. The number of methoxy groups -OCH3 is 1. The zero-order chi connectivity index (χ0) is 22.7. The van der Waals surface area contributed by atoms with Gasteiger partial charge >= 0.3 is 0 Å². The first-order chi connectivity index (χ1) is 15.4. The molecule has 7 nitrogen and oxygen atoms in total. The quantitative estimate of drug-likeness (QED) is 0.614. The smallest absolute Gasteiger partial charge is 0.289 e. The van der Waals surface area contributed by atoms with Crippen molar-refractivity contribution >= 4 is 5.91 Å². The molecule has 1 fully saturated rings. The van der Waals surface area contributed by atoms with Crippen LogP contribution in [0.2, 0.25) is 0 Å². The number of hydrogen-bond donors (Lipinski definition) is 2. The standard InChI is InChI=1S/C24H27FN4O3/c1-28(24(31)23-26-14-21(27-23)17-4-6-19(30)7-5-17)18-9-11-29(12-10-18)15-16-3-8-20(25)22(13-16)32-2/h3-8,13-14,18,30H,9-12,15H2,1-2H3,(H,26,27). The van der Waals surface area contributed by atoms with Gasteiger partial charge in [-0.15, -0.1) is 0 Å². The van der Waals surface area contributed by atoms with Crippen molar-refractivity contribution in [3.8, 4) is 22.8 Å². The number of rotatable bonds is 6. The number of piperidine rings is 1. The van der Waals surface area contributed by atoms with Crippen LogP contribution in [0.1, 0.15) is 29.0 Å². The number of aromatic amines is 1. The molecule has 0 bridgehead atoms. The average molecular weight is 439 g/mol. The Morgan fingerprint density at radius 3 is 2.66 bits per heavy atom. The molecule has 1 amide bonds. The lowest BCUT2D eigenvalue weighted by Gasteiger charge is -2.36. The van der Waals surface area contributed by atoms with E-state index in [1.54, 1.807) is 47.5 Å². The highest BCUT2D eigenvalue weighted by atomic mass is 19.1. The van der Waals surface area contributed by atoms with Gasteiger partial charge in [0.25, 0.3) is 5.91 Å². The van der Waals surface area contributed by atoms with Crippen LogP contribution in [0.5, 0.6) is 11.5 Å². The molecule has 0 radical (unpaired) electrons. The molecule has 0 atom stereocenters. The van der Waals surface area contributed by atoms with Crippen LogP contribution in [0.15, 0.2) is 48.7 Å². The lowest BCUT2D eigenvalue weighted by molar-refractivity contribution is 0.0625. The summed E-state index contributed by atoms with van der Waals surface area (Å²) in [4.78, 5) is 24.4. The van der Waals surface area contributed by atoms with Gasteiger partial charge in [0.2, 0.25) is 0 Å². The van der Waals surface area contributed by atoms with E-state index < -0.39 is 0 Å². The summed E-state index contributed by atoms with van der Waals surface area (Å²) in [6.45, 7) is 2.41. The zero-order valence-corrected chi connectivity index (χ0v) is 18.2. The Morgan fingerprint density at radius 2 is 1.97 bits per heavy atom. The largest absolute Gasteiger partial charge is 0.508 e. The predicted molar refractivity (Wildman–Crippen MR) is 119 cm³/mol. The summed E-state index contributed by atoms with van der Waals surface area (Å²) in [6, 6.07) is 11.8. The molecule has 1 aliphatic heterocycles. The van der Waals surface area contributed by atoms with Crippen molar-refractivity contribution in [3.63, 3.8) is 0 Å². The summed E-state index contributed by atoms with van der Waals surface area (Å²) >= 11 is 0. The number of likely N-dealkylation sites (tertiary alicyclic amines) is 1. The number of halogens is 1. The van der Waals surface area contributed by atoms with Gasteiger partial charge in [-0.1, -0.05) is 6.07 Å². The number of nitrogens with zero attached hydrogens (tertiary/aromatic N) is 3. The number of aromatic nitrogens is 2. The third-order valence-corrected chi connectivity index (χ3v) is 5.99. The first-order valence-corrected chi connectivity index (χ1v) is 10.6. The molecule has 0 saturated carbocycles. The normalized spacial score (nSPS) is 15.0. The molecule has 0 aliphatic carbocycles. The van der Waals surface area contributed by atoms with E-state index in [0.29, 0.717) is 11.5 Å². The van der Waals surface area contributed by atoms with Gasteiger partial charge in [0.1, 0.15) is 5.75 Å². The van der Waals surface area contributed by atoms with Crippen LogP contribution in [0.3, 0.4) is 0 Å². The Kier molecular flexibility index (Phi) is 6.41.